The van der Waals surface area contributed by atoms with Gasteiger partial charge in [0.2, 0.25) is 0 Å². The number of alkyl carbamates (subject to hydrolysis) is 1. The van der Waals surface area contributed by atoms with E-state index < -0.39 is 42.2 Å². The normalized spacial score (nSPS) is 19.8. The third-order valence-electron chi connectivity index (χ3n) is 12.7. The van der Waals surface area contributed by atoms with Crippen LogP contribution in [-0.4, -0.2) is 77.3 Å². The van der Waals surface area contributed by atoms with Gasteiger partial charge in [0.25, 0.3) is 0 Å². The maximum atomic E-state index is 12.2. The Morgan fingerprint density at radius 3 is 1.40 bits per heavy atom. The molecular weight excluding hydrogens is 855 g/mol. The number of carbonyl (C=O) groups excluding carboxylic acids is 1. The number of aliphatic hydroxyl groups is 2. The molecule has 3 N–H and O–H groups in total. The number of hydrogen-bond acceptors (Lipinski definition) is 9. The quantitative estimate of drug-likeness (QED) is 0.0411. The number of carbonyl (C=O) groups is 1. The molecule has 0 unspecified atom stereocenters. The molecule has 68 heavy (non-hydrogen) atoms. The molecule has 1 fully saturated rings. The molecule has 1 aliphatic rings. The number of ether oxygens (including phenoxy) is 6. The smallest absolute Gasteiger partial charge is 0.407 e. The van der Waals surface area contributed by atoms with Crippen LogP contribution in [0.25, 0.3) is 0 Å². The molecule has 8 atom stereocenters. The molecule has 0 radical (unpaired) electrons. The van der Waals surface area contributed by atoms with E-state index in [2.05, 4.69) is 53.8 Å². The fraction of sp³-hybridized carbons (Fsp3) is 0.569. The molecule has 0 spiro atoms. The first-order chi connectivity index (χ1) is 33.1. The summed E-state index contributed by atoms with van der Waals surface area (Å²) in [7, 11) is 0. The number of unbranched alkanes of at least 4 members (excludes halogenated alkanes) is 11. The Hall–Kier alpha value is -4.13. The third-order valence-corrected chi connectivity index (χ3v) is 12.7. The second kappa shape index (κ2) is 31.2. The molecule has 4 aromatic carbocycles. The van der Waals surface area contributed by atoms with Crippen molar-refractivity contribution in [2.24, 2.45) is 0 Å². The molecule has 1 saturated heterocycles. The highest BCUT2D eigenvalue weighted by atomic mass is 16.6. The Morgan fingerprint density at radius 2 is 0.956 bits per heavy atom. The van der Waals surface area contributed by atoms with Gasteiger partial charge in [-0.05, 0) is 62.3 Å². The lowest BCUT2D eigenvalue weighted by Gasteiger charge is -2.46. The summed E-state index contributed by atoms with van der Waals surface area (Å²) in [6.45, 7) is 9.41. The van der Waals surface area contributed by atoms with Crippen LogP contribution in [0.3, 0.4) is 0 Å². The van der Waals surface area contributed by atoms with E-state index in [9.17, 15) is 15.0 Å². The summed E-state index contributed by atoms with van der Waals surface area (Å²) < 4.78 is 39.5. The molecule has 1 aliphatic heterocycles. The van der Waals surface area contributed by atoms with Crippen molar-refractivity contribution in [2.75, 3.05) is 6.61 Å². The standard InChI is InChI=1S/C58H83NO9/c1-5-49(59-57(62)68-58(2,3)4)53(61)50(60)38-28-14-12-10-8-6-7-9-11-13-15-29-39-51-54(64-41-46-32-22-17-23-33-46)56(66-43-48-36-26-19-27-37-48)55(65-42-47-34-24-18-25-35-47)52(67-51)44-63-40-45-30-20-16-21-31-45/h16-27,30-37,49-56,60-61H,5-15,28-29,38-44H2,1-4H3,(H,59,62)/t49-,50+,51+,52+,53-,54-,55-,56+/m0/s1. The first-order valence-corrected chi connectivity index (χ1v) is 25.7. The molecule has 5 rings (SSSR count). The van der Waals surface area contributed by atoms with Gasteiger partial charge >= 0.3 is 6.09 Å². The van der Waals surface area contributed by atoms with Gasteiger partial charge in [-0.3, -0.25) is 0 Å². The zero-order chi connectivity index (χ0) is 48.2. The van der Waals surface area contributed by atoms with E-state index in [1.165, 1.54) is 44.9 Å². The van der Waals surface area contributed by atoms with Crippen LogP contribution in [0.15, 0.2) is 121 Å². The minimum atomic E-state index is -1.03. The Labute approximate surface area is 408 Å². The topological polar surface area (TPSA) is 125 Å². The zero-order valence-corrected chi connectivity index (χ0v) is 41.6. The Balaban J connectivity index is 1.09. The highest BCUT2D eigenvalue weighted by Gasteiger charge is 2.48. The highest BCUT2D eigenvalue weighted by Crippen LogP contribution is 2.33. The average molecular weight is 938 g/mol. The van der Waals surface area contributed by atoms with Gasteiger partial charge in [-0.25, -0.2) is 4.79 Å². The van der Waals surface area contributed by atoms with Crippen LogP contribution >= 0.6 is 0 Å². The van der Waals surface area contributed by atoms with E-state index in [1.54, 1.807) is 20.8 Å². The Morgan fingerprint density at radius 1 is 0.559 bits per heavy atom. The van der Waals surface area contributed by atoms with Crippen LogP contribution in [0.2, 0.25) is 0 Å². The Bertz CT molecular complexity index is 1880. The SMILES string of the molecule is CC[C@H](NC(=O)OC(C)(C)C)[C@H](O)[C@H](O)CCCCCCCCCCCCCC[C@H]1O[C@H](COCc2ccccc2)[C@H](OCc2ccccc2)[C@H](OCc2ccccc2)[C@H]1OCc1ccccc1. The van der Waals surface area contributed by atoms with Gasteiger partial charge in [-0.1, -0.05) is 205 Å². The number of benzene rings is 4. The summed E-state index contributed by atoms with van der Waals surface area (Å²) >= 11 is 0. The molecular formula is C58H83NO9. The van der Waals surface area contributed by atoms with Gasteiger partial charge in [0.05, 0.1) is 51.3 Å². The first kappa shape index (κ1) is 54.8. The number of hydrogen-bond donors (Lipinski definition) is 3. The van der Waals surface area contributed by atoms with Crippen molar-refractivity contribution in [1.29, 1.82) is 0 Å². The molecule has 0 saturated carbocycles. The number of rotatable bonds is 32. The highest BCUT2D eigenvalue weighted by molar-refractivity contribution is 5.68. The molecule has 0 bridgehead atoms. The fourth-order valence-corrected chi connectivity index (χ4v) is 8.91. The minimum absolute atomic E-state index is 0.204. The minimum Gasteiger partial charge on any atom is -0.444 e. The summed E-state index contributed by atoms with van der Waals surface area (Å²) in [5.41, 5.74) is 3.78. The van der Waals surface area contributed by atoms with Crippen molar-refractivity contribution in [3.8, 4) is 0 Å². The lowest BCUT2D eigenvalue weighted by Crippen LogP contribution is -2.61. The van der Waals surface area contributed by atoms with Gasteiger partial charge in [0, 0.05) is 0 Å². The lowest BCUT2D eigenvalue weighted by molar-refractivity contribution is -0.273. The summed E-state index contributed by atoms with van der Waals surface area (Å²) in [6, 6.07) is 40.6. The van der Waals surface area contributed by atoms with Gasteiger partial charge < -0.3 is 44.0 Å². The second-order valence-corrected chi connectivity index (χ2v) is 19.5. The molecule has 374 valence electrons. The van der Waals surface area contributed by atoms with Gasteiger partial charge in [0.1, 0.15) is 36.1 Å². The summed E-state index contributed by atoms with van der Waals surface area (Å²) in [4.78, 5) is 12.2. The third kappa shape index (κ3) is 20.8. The maximum absolute atomic E-state index is 12.2. The van der Waals surface area contributed by atoms with Crippen molar-refractivity contribution in [3.05, 3.63) is 144 Å². The van der Waals surface area contributed by atoms with Gasteiger partial charge in [-0.2, -0.15) is 0 Å². The van der Waals surface area contributed by atoms with Crippen molar-refractivity contribution < 1.29 is 43.4 Å². The molecule has 10 nitrogen and oxygen atoms in total. The molecule has 0 aromatic heterocycles. The van der Waals surface area contributed by atoms with Gasteiger partial charge in [0.15, 0.2) is 0 Å². The van der Waals surface area contributed by atoms with Crippen molar-refractivity contribution in [2.45, 2.75) is 205 Å². The molecule has 0 aliphatic carbocycles. The maximum Gasteiger partial charge on any atom is 0.407 e. The lowest BCUT2D eigenvalue weighted by atomic mass is 9.91. The van der Waals surface area contributed by atoms with E-state index in [1.807, 2.05) is 79.7 Å². The fourth-order valence-electron chi connectivity index (χ4n) is 8.91. The Kier molecular flexibility index (Phi) is 25.1. The summed E-state index contributed by atoms with van der Waals surface area (Å²) in [5.74, 6) is 0. The predicted molar refractivity (Wildman–Crippen MR) is 270 cm³/mol. The van der Waals surface area contributed by atoms with Crippen LogP contribution < -0.4 is 5.32 Å². The first-order valence-electron chi connectivity index (χ1n) is 25.7. The van der Waals surface area contributed by atoms with Crippen LogP contribution in [0.1, 0.15) is 146 Å². The predicted octanol–water partition coefficient (Wildman–Crippen LogP) is 12.2. The van der Waals surface area contributed by atoms with E-state index in [0.29, 0.717) is 45.9 Å². The number of amides is 1. The van der Waals surface area contributed by atoms with Crippen LogP contribution in [-0.2, 0) is 54.8 Å². The molecule has 10 heteroatoms. The molecule has 1 amide bonds. The van der Waals surface area contributed by atoms with E-state index in [0.717, 1.165) is 60.8 Å². The number of aliphatic hydroxyl groups excluding tert-OH is 2. The average Bonchev–Trinajstić information content (AvgIpc) is 3.34. The second-order valence-electron chi connectivity index (χ2n) is 19.5. The molecule has 1 heterocycles. The van der Waals surface area contributed by atoms with Crippen LogP contribution in [0.5, 0.6) is 0 Å². The van der Waals surface area contributed by atoms with E-state index >= 15 is 0 Å². The van der Waals surface area contributed by atoms with E-state index in [-0.39, 0.29) is 18.3 Å². The zero-order valence-electron chi connectivity index (χ0n) is 41.6. The monoisotopic (exact) mass is 938 g/mol. The summed E-state index contributed by atoms with van der Waals surface area (Å²) in [6.07, 6.45) is 11.3. The van der Waals surface area contributed by atoms with Gasteiger partial charge in [-0.15, -0.1) is 0 Å². The van der Waals surface area contributed by atoms with Crippen LogP contribution in [0, 0.1) is 0 Å². The summed E-state index contributed by atoms with van der Waals surface area (Å²) in [5, 5.41) is 24.0. The van der Waals surface area contributed by atoms with Crippen molar-refractivity contribution >= 4 is 6.09 Å². The largest absolute Gasteiger partial charge is 0.444 e. The van der Waals surface area contributed by atoms with E-state index in [4.69, 9.17) is 28.4 Å². The number of nitrogens with one attached hydrogen (secondary N) is 1. The van der Waals surface area contributed by atoms with Crippen molar-refractivity contribution in [1.82, 2.24) is 5.32 Å². The molecule has 4 aromatic rings. The van der Waals surface area contributed by atoms with Crippen LogP contribution in [0.4, 0.5) is 4.79 Å². The van der Waals surface area contributed by atoms with Crippen molar-refractivity contribution in [3.63, 3.8) is 0 Å².